The molecule has 3 rings (SSSR count). The zero-order chi connectivity index (χ0) is 16.8. The Bertz CT molecular complexity index is 813. The van der Waals surface area contributed by atoms with Crippen molar-refractivity contribution in [3.05, 3.63) is 71.1 Å². The monoisotopic (exact) mass is 341 g/mol. The molecule has 0 fully saturated rings. The quantitative estimate of drug-likeness (QED) is 0.722. The first-order valence-electron chi connectivity index (χ1n) is 7.30. The molecule has 122 valence electrons. The van der Waals surface area contributed by atoms with Crippen LogP contribution in [0.5, 0.6) is 0 Å². The molecule has 6 nitrogen and oxygen atoms in total. The van der Waals surface area contributed by atoms with E-state index in [1.165, 1.54) is 11.3 Å². The minimum absolute atomic E-state index is 0.168. The smallest absolute Gasteiger partial charge is 0.271 e. The fraction of sp³-hybridized carbons (Fsp3) is 0.118. The van der Waals surface area contributed by atoms with E-state index in [9.17, 15) is 9.59 Å². The maximum atomic E-state index is 12.0. The first-order valence-corrected chi connectivity index (χ1v) is 8.18. The number of hydrogen-bond acceptors (Lipinski definition) is 5. The van der Waals surface area contributed by atoms with Crippen molar-refractivity contribution in [2.75, 3.05) is 5.32 Å². The van der Waals surface area contributed by atoms with E-state index < -0.39 is 0 Å². The van der Waals surface area contributed by atoms with E-state index in [-0.39, 0.29) is 23.9 Å². The van der Waals surface area contributed by atoms with Gasteiger partial charge in [0.25, 0.3) is 5.91 Å². The van der Waals surface area contributed by atoms with Crippen LogP contribution in [0.3, 0.4) is 0 Å². The third-order valence-corrected chi connectivity index (χ3v) is 3.95. The lowest BCUT2D eigenvalue weighted by atomic mass is 10.1. The lowest BCUT2D eigenvalue weighted by Crippen LogP contribution is -2.23. The molecule has 0 atom stereocenters. The Kier molecular flexibility index (Phi) is 5.02. The number of nitrogens with zero attached hydrogens (tertiary/aromatic N) is 1. The van der Waals surface area contributed by atoms with Gasteiger partial charge >= 0.3 is 0 Å². The molecule has 3 aromatic rings. The van der Waals surface area contributed by atoms with Crippen molar-refractivity contribution in [1.82, 2.24) is 10.3 Å². The molecule has 0 radical (unpaired) electrons. The molecule has 0 unspecified atom stereocenters. The first kappa shape index (κ1) is 15.9. The van der Waals surface area contributed by atoms with E-state index in [1.54, 1.807) is 23.8 Å². The maximum Gasteiger partial charge on any atom is 0.271 e. The van der Waals surface area contributed by atoms with Gasteiger partial charge in [0, 0.05) is 5.38 Å². The highest BCUT2D eigenvalue weighted by Crippen LogP contribution is 2.16. The van der Waals surface area contributed by atoms with Crippen molar-refractivity contribution in [2.45, 2.75) is 13.0 Å². The number of hydrogen-bond donors (Lipinski definition) is 2. The third kappa shape index (κ3) is 4.30. The summed E-state index contributed by atoms with van der Waals surface area (Å²) < 4.78 is 5.14. The number of anilines is 1. The topological polar surface area (TPSA) is 84.2 Å². The van der Waals surface area contributed by atoms with Gasteiger partial charge in [-0.15, -0.1) is 11.3 Å². The highest BCUT2D eigenvalue weighted by atomic mass is 32.1. The van der Waals surface area contributed by atoms with Crippen molar-refractivity contribution >= 4 is 28.3 Å². The Morgan fingerprint density at radius 3 is 2.71 bits per heavy atom. The second-order valence-electron chi connectivity index (χ2n) is 5.01. The Balaban J connectivity index is 1.53. The lowest BCUT2D eigenvalue weighted by molar-refractivity contribution is -0.115. The molecule has 0 saturated heterocycles. The lowest BCUT2D eigenvalue weighted by Gasteiger charge is -2.02. The normalized spacial score (nSPS) is 10.3. The van der Waals surface area contributed by atoms with Gasteiger partial charge in [0.15, 0.2) is 5.13 Å². The number of carbonyl (C=O) groups is 2. The van der Waals surface area contributed by atoms with E-state index >= 15 is 0 Å². The number of furan rings is 1. The zero-order valence-electron chi connectivity index (χ0n) is 12.7. The van der Waals surface area contributed by atoms with Crippen LogP contribution < -0.4 is 10.6 Å². The number of benzene rings is 1. The average Bonchev–Trinajstić information content (AvgIpc) is 3.25. The Morgan fingerprint density at radius 2 is 1.96 bits per heavy atom. The molecule has 0 saturated carbocycles. The van der Waals surface area contributed by atoms with E-state index in [4.69, 9.17) is 4.42 Å². The van der Waals surface area contributed by atoms with E-state index in [0.29, 0.717) is 17.4 Å². The summed E-state index contributed by atoms with van der Waals surface area (Å²) in [5, 5.41) is 7.42. The van der Waals surface area contributed by atoms with Gasteiger partial charge in [-0.3, -0.25) is 9.59 Å². The second-order valence-corrected chi connectivity index (χ2v) is 5.87. The Morgan fingerprint density at radius 1 is 1.12 bits per heavy atom. The minimum atomic E-state index is -0.314. The predicted octanol–water partition coefficient (Wildman–Crippen LogP) is 2.85. The van der Waals surface area contributed by atoms with Gasteiger partial charge in [-0.1, -0.05) is 30.3 Å². The van der Waals surface area contributed by atoms with Crippen LogP contribution in [0.15, 0.2) is 58.5 Å². The van der Waals surface area contributed by atoms with Crippen LogP contribution >= 0.6 is 11.3 Å². The van der Waals surface area contributed by atoms with Gasteiger partial charge in [0.1, 0.15) is 11.5 Å². The summed E-state index contributed by atoms with van der Waals surface area (Å²) in [6.07, 6.45) is 1.81. The van der Waals surface area contributed by atoms with E-state index in [2.05, 4.69) is 15.6 Å². The van der Waals surface area contributed by atoms with Crippen LogP contribution in [0.2, 0.25) is 0 Å². The fourth-order valence-corrected chi connectivity index (χ4v) is 2.76. The zero-order valence-corrected chi connectivity index (χ0v) is 13.5. The molecule has 1 aromatic carbocycles. The second kappa shape index (κ2) is 7.56. The Labute approximate surface area is 142 Å². The summed E-state index contributed by atoms with van der Waals surface area (Å²) >= 11 is 1.21. The highest BCUT2D eigenvalue weighted by Gasteiger charge is 2.13. The molecule has 2 amide bonds. The maximum absolute atomic E-state index is 12.0. The van der Waals surface area contributed by atoms with Crippen LogP contribution in [0.1, 0.15) is 21.8 Å². The van der Waals surface area contributed by atoms with Gasteiger partial charge in [-0.25, -0.2) is 4.98 Å². The van der Waals surface area contributed by atoms with Crippen molar-refractivity contribution in [3.63, 3.8) is 0 Å². The first-order chi connectivity index (χ1) is 11.7. The molecular weight excluding hydrogens is 326 g/mol. The SMILES string of the molecule is O=C(Cc1ccccc1)Nc1nc(C(=O)NCc2ccco2)cs1. The van der Waals surface area contributed by atoms with Crippen molar-refractivity contribution in [3.8, 4) is 0 Å². The number of thiazole rings is 1. The van der Waals surface area contributed by atoms with Crippen LogP contribution in [0, 0.1) is 0 Å². The molecule has 2 N–H and O–H groups in total. The van der Waals surface area contributed by atoms with Gasteiger partial charge in [-0.2, -0.15) is 0 Å². The predicted molar refractivity (Wildman–Crippen MR) is 90.8 cm³/mol. The standard InChI is InChI=1S/C17H15N3O3S/c21-15(9-12-5-2-1-3-6-12)20-17-19-14(11-24-17)16(22)18-10-13-7-4-8-23-13/h1-8,11H,9-10H2,(H,18,22)(H,19,20,21). The number of carbonyl (C=O) groups excluding carboxylic acids is 2. The summed E-state index contributed by atoms with van der Waals surface area (Å²) in [4.78, 5) is 28.1. The third-order valence-electron chi connectivity index (χ3n) is 3.19. The van der Waals surface area contributed by atoms with Gasteiger partial charge in [0.2, 0.25) is 5.91 Å². The summed E-state index contributed by atoms with van der Waals surface area (Å²) in [7, 11) is 0. The molecule has 0 aliphatic carbocycles. The van der Waals surface area contributed by atoms with Crippen LogP contribution in [0.4, 0.5) is 5.13 Å². The molecular formula is C17H15N3O3S. The van der Waals surface area contributed by atoms with Crippen LogP contribution in [-0.2, 0) is 17.8 Å². The van der Waals surface area contributed by atoms with Crippen molar-refractivity contribution < 1.29 is 14.0 Å². The number of nitrogens with one attached hydrogen (secondary N) is 2. The summed E-state index contributed by atoms with van der Waals surface area (Å²) in [5.41, 5.74) is 1.18. The van der Waals surface area contributed by atoms with Gasteiger partial charge in [0.05, 0.1) is 19.2 Å². The average molecular weight is 341 g/mol. The summed E-state index contributed by atoms with van der Waals surface area (Å²) in [5.74, 6) is 0.180. The van der Waals surface area contributed by atoms with Crippen molar-refractivity contribution in [2.24, 2.45) is 0 Å². The summed E-state index contributed by atoms with van der Waals surface area (Å²) in [6, 6.07) is 13.0. The Hall–Kier alpha value is -2.93. The van der Waals surface area contributed by atoms with E-state index in [0.717, 1.165) is 5.56 Å². The molecule has 0 bridgehead atoms. The fourth-order valence-electron chi connectivity index (χ4n) is 2.05. The summed E-state index contributed by atoms with van der Waals surface area (Å²) in [6.45, 7) is 0.291. The molecule has 0 aliphatic rings. The highest BCUT2D eigenvalue weighted by molar-refractivity contribution is 7.14. The molecule has 2 aromatic heterocycles. The van der Waals surface area contributed by atoms with Crippen molar-refractivity contribution in [1.29, 1.82) is 0 Å². The van der Waals surface area contributed by atoms with Crippen LogP contribution in [0.25, 0.3) is 0 Å². The minimum Gasteiger partial charge on any atom is -0.467 e. The molecule has 0 aliphatic heterocycles. The number of aromatic nitrogens is 1. The van der Waals surface area contributed by atoms with E-state index in [1.807, 2.05) is 30.3 Å². The largest absolute Gasteiger partial charge is 0.467 e. The molecule has 7 heteroatoms. The molecule has 2 heterocycles. The molecule has 0 spiro atoms. The van der Waals surface area contributed by atoms with Gasteiger partial charge < -0.3 is 15.1 Å². The van der Waals surface area contributed by atoms with Gasteiger partial charge in [-0.05, 0) is 17.7 Å². The number of amides is 2. The van der Waals surface area contributed by atoms with Crippen LogP contribution in [-0.4, -0.2) is 16.8 Å². The molecule has 24 heavy (non-hydrogen) atoms. The number of rotatable bonds is 6.